The molecule has 0 radical (unpaired) electrons. The van der Waals surface area contributed by atoms with Crippen molar-refractivity contribution in [1.29, 1.82) is 0 Å². The van der Waals surface area contributed by atoms with Crippen LogP contribution in [0.3, 0.4) is 0 Å². The molecule has 0 amide bonds. The second kappa shape index (κ2) is 6.51. The Kier molecular flexibility index (Phi) is 4.73. The van der Waals surface area contributed by atoms with Crippen molar-refractivity contribution < 1.29 is 4.74 Å². The van der Waals surface area contributed by atoms with Crippen LogP contribution < -0.4 is 15.4 Å². The Hall–Kier alpha value is -1.89. The Labute approximate surface area is 122 Å². The van der Waals surface area contributed by atoms with E-state index in [1.807, 2.05) is 6.92 Å². The van der Waals surface area contributed by atoms with Crippen LogP contribution in [-0.4, -0.2) is 28.6 Å². The molecule has 0 aliphatic carbocycles. The molecule has 0 atom stereocenters. The zero-order valence-corrected chi connectivity index (χ0v) is 13.0. The Morgan fingerprint density at radius 1 is 1.15 bits per heavy atom. The first-order valence-electron chi connectivity index (χ1n) is 6.46. The zero-order valence-electron chi connectivity index (χ0n) is 12.1. The summed E-state index contributed by atoms with van der Waals surface area (Å²) in [4.78, 5) is 15.2. The molecular weight excluding hydrogens is 274 g/mol. The molecule has 20 heavy (non-hydrogen) atoms. The SMILES string of the molecule is CCNc1nc(NCc2cc(C)c(C)s2)nc(OC)n1. The Bertz CT molecular complexity index is 565. The van der Waals surface area contributed by atoms with Crippen molar-refractivity contribution in [3.8, 4) is 6.01 Å². The smallest absolute Gasteiger partial charge is 0.322 e. The van der Waals surface area contributed by atoms with E-state index in [-0.39, 0.29) is 0 Å². The number of rotatable bonds is 6. The summed E-state index contributed by atoms with van der Waals surface area (Å²) in [6.45, 7) is 7.66. The Morgan fingerprint density at radius 3 is 2.40 bits per heavy atom. The van der Waals surface area contributed by atoms with Crippen LogP contribution in [0, 0.1) is 13.8 Å². The van der Waals surface area contributed by atoms with Crippen molar-refractivity contribution >= 4 is 23.2 Å². The number of thiophene rings is 1. The van der Waals surface area contributed by atoms with E-state index in [1.165, 1.54) is 15.3 Å². The maximum absolute atomic E-state index is 5.08. The topological polar surface area (TPSA) is 72.0 Å². The standard InChI is InChI=1S/C13H19N5OS/c1-5-14-11-16-12(18-13(17-11)19-4)15-7-10-6-8(2)9(3)20-10/h6H,5,7H2,1-4H3,(H2,14,15,16,17,18). The minimum absolute atomic E-state index is 0.303. The lowest BCUT2D eigenvalue weighted by Gasteiger charge is -2.07. The lowest BCUT2D eigenvalue weighted by molar-refractivity contribution is 0.379. The van der Waals surface area contributed by atoms with Gasteiger partial charge >= 0.3 is 6.01 Å². The third kappa shape index (κ3) is 3.57. The van der Waals surface area contributed by atoms with Crippen LogP contribution in [0.5, 0.6) is 6.01 Å². The van der Waals surface area contributed by atoms with E-state index < -0.39 is 0 Å². The number of aromatic nitrogens is 3. The third-order valence-corrected chi connectivity index (χ3v) is 3.92. The first kappa shape index (κ1) is 14.5. The average molecular weight is 293 g/mol. The molecule has 0 bridgehead atoms. The van der Waals surface area contributed by atoms with Crippen LogP contribution in [0.1, 0.15) is 22.2 Å². The van der Waals surface area contributed by atoms with E-state index in [4.69, 9.17) is 4.74 Å². The van der Waals surface area contributed by atoms with Crippen molar-refractivity contribution in [1.82, 2.24) is 15.0 Å². The van der Waals surface area contributed by atoms with Gasteiger partial charge in [0.1, 0.15) is 0 Å². The molecule has 2 aromatic rings. The van der Waals surface area contributed by atoms with Crippen LogP contribution in [0.4, 0.5) is 11.9 Å². The van der Waals surface area contributed by atoms with Gasteiger partial charge < -0.3 is 15.4 Å². The maximum Gasteiger partial charge on any atom is 0.322 e. The van der Waals surface area contributed by atoms with Crippen molar-refractivity contribution in [2.75, 3.05) is 24.3 Å². The Balaban J connectivity index is 2.09. The van der Waals surface area contributed by atoms with Gasteiger partial charge in [0.05, 0.1) is 13.7 Å². The first-order valence-corrected chi connectivity index (χ1v) is 7.27. The molecular formula is C13H19N5OS. The normalized spacial score (nSPS) is 10.4. The molecule has 7 heteroatoms. The first-order chi connectivity index (χ1) is 9.62. The number of nitrogens with one attached hydrogen (secondary N) is 2. The van der Waals surface area contributed by atoms with Gasteiger partial charge in [-0.15, -0.1) is 11.3 Å². The predicted octanol–water partition coefficient (Wildman–Crippen LogP) is 2.60. The van der Waals surface area contributed by atoms with E-state index >= 15 is 0 Å². The molecule has 2 aromatic heterocycles. The zero-order chi connectivity index (χ0) is 14.5. The highest BCUT2D eigenvalue weighted by Gasteiger charge is 2.07. The van der Waals surface area contributed by atoms with Gasteiger partial charge in [0.25, 0.3) is 0 Å². The van der Waals surface area contributed by atoms with Crippen molar-refractivity contribution in [3.05, 3.63) is 21.4 Å². The van der Waals surface area contributed by atoms with Crippen molar-refractivity contribution in [2.24, 2.45) is 0 Å². The van der Waals surface area contributed by atoms with Gasteiger partial charge in [0.2, 0.25) is 11.9 Å². The van der Waals surface area contributed by atoms with Crippen LogP contribution in [0.15, 0.2) is 6.07 Å². The van der Waals surface area contributed by atoms with E-state index in [0.29, 0.717) is 24.5 Å². The van der Waals surface area contributed by atoms with Gasteiger partial charge in [-0.1, -0.05) is 0 Å². The van der Waals surface area contributed by atoms with Gasteiger partial charge in [-0.3, -0.25) is 0 Å². The molecule has 2 heterocycles. The maximum atomic E-state index is 5.08. The second-order valence-corrected chi connectivity index (χ2v) is 5.65. The third-order valence-electron chi connectivity index (χ3n) is 2.77. The second-order valence-electron chi connectivity index (χ2n) is 4.31. The summed E-state index contributed by atoms with van der Waals surface area (Å²) in [5.74, 6) is 1.02. The van der Waals surface area contributed by atoms with Gasteiger partial charge in [-0.25, -0.2) is 0 Å². The molecule has 0 saturated carbocycles. The lowest BCUT2D eigenvalue weighted by Crippen LogP contribution is -2.09. The minimum atomic E-state index is 0.303. The fourth-order valence-electron chi connectivity index (χ4n) is 1.67. The number of hydrogen-bond donors (Lipinski definition) is 2. The number of ether oxygens (including phenoxy) is 1. The Morgan fingerprint density at radius 2 is 1.85 bits per heavy atom. The highest BCUT2D eigenvalue weighted by molar-refractivity contribution is 7.12. The van der Waals surface area contributed by atoms with Gasteiger partial charge in [0, 0.05) is 16.3 Å². The molecule has 108 valence electrons. The molecule has 0 aromatic carbocycles. The largest absolute Gasteiger partial charge is 0.467 e. The fourth-order valence-corrected chi connectivity index (χ4v) is 2.66. The van der Waals surface area contributed by atoms with Crippen LogP contribution >= 0.6 is 11.3 Å². The van der Waals surface area contributed by atoms with Crippen molar-refractivity contribution in [2.45, 2.75) is 27.3 Å². The summed E-state index contributed by atoms with van der Waals surface area (Å²) in [5, 5.41) is 6.26. The van der Waals surface area contributed by atoms with E-state index in [0.717, 1.165) is 6.54 Å². The summed E-state index contributed by atoms with van der Waals surface area (Å²) < 4.78 is 5.08. The number of aryl methyl sites for hydroxylation is 2. The number of methoxy groups -OCH3 is 1. The molecule has 0 saturated heterocycles. The molecule has 6 nitrogen and oxygen atoms in total. The summed E-state index contributed by atoms with van der Waals surface area (Å²) in [5.41, 5.74) is 1.31. The van der Waals surface area contributed by atoms with Gasteiger partial charge in [-0.05, 0) is 32.4 Å². The lowest BCUT2D eigenvalue weighted by atomic mass is 10.3. The van der Waals surface area contributed by atoms with Crippen molar-refractivity contribution in [3.63, 3.8) is 0 Å². The number of nitrogens with zero attached hydrogens (tertiary/aromatic N) is 3. The summed E-state index contributed by atoms with van der Waals surface area (Å²) in [6, 6.07) is 2.48. The van der Waals surface area contributed by atoms with Crippen LogP contribution in [0.2, 0.25) is 0 Å². The molecule has 0 aliphatic heterocycles. The van der Waals surface area contributed by atoms with Crippen LogP contribution in [-0.2, 0) is 6.54 Å². The summed E-state index contributed by atoms with van der Waals surface area (Å²) >= 11 is 1.78. The van der Waals surface area contributed by atoms with Gasteiger partial charge in [0.15, 0.2) is 0 Å². The molecule has 0 fully saturated rings. The molecule has 2 rings (SSSR count). The highest BCUT2D eigenvalue weighted by atomic mass is 32.1. The van der Waals surface area contributed by atoms with E-state index in [1.54, 1.807) is 18.4 Å². The summed E-state index contributed by atoms with van der Waals surface area (Å²) in [6.07, 6.45) is 0. The fraction of sp³-hybridized carbons (Fsp3) is 0.462. The monoisotopic (exact) mass is 293 g/mol. The van der Waals surface area contributed by atoms with Gasteiger partial charge in [-0.2, -0.15) is 15.0 Å². The minimum Gasteiger partial charge on any atom is -0.467 e. The summed E-state index contributed by atoms with van der Waals surface area (Å²) in [7, 11) is 1.54. The van der Waals surface area contributed by atoms with E-state index in [2.05, 4.69) is 45.5 Å². The predicted molar refractivity (Wildman–Crippen MR) is 81.7 cm³/mol. The van der Waals surface area contributed by atoms with Crippen LogP contribution in [0.25, 0.3) is 0 Å². The average Bonchev–Trinajstić information content (AvgIpc) is 2.76. The number of anilines is 2. The highest BCUT2D eigenvalue weighted by Crippen LogP contribution is 2.21. The molecule has 0 unspecified atom stereocenters. The molecule has 0 spiro atoms. The number of hydrogen-bond acceptors (Lipinski definition) is 7. The quantitative estimate of drug-likeness (QED) is 0.853. The molecule has 2 N–H and O–H groups in total. The van der Waals surface area contributed by atoms with E-state index in [9.17, 15) is 0 Å². The molecule has 0 aliphatic rings.